The van der Waals surface area contributed by atoms with E-state index in [9.17, 15) is 13.2 Å². The number of halogens is 1. The predicted octanol–water partition coefficient (Wildman–Crippen LogP) is 0.790. The first-order valence-corrected chi connectivity index (χ1v) is 9.96. The summed E-state index contributed by atoms with van der Waals surface area (Å²) in [6.45, 7) is 1.72. The summed E-state index contributed by atoms with van der Waals surface area (Å²) in [5, 5.41) is 2.89. The highest BCUT2D eigenvalue weighted by atomic mass is 35.5. The van der Waals surface area contributed by atoms with Crippen molar-refractivity contribution in [3.63, 3.8) is 0 Å². The molecule has 0 saturated carbocycles. The number of hydrogen-bond acceptors (Lipinski definition) is 7. The Hall–Kier alpha value is -1.39. The molecule has 0 unspecified atom stereocenters. The molecule has 8 nitrogen and oxygen atoms in total. The zero-order chi connectivity index (χ0) is 16.6. The number of hydrogen-bond donors (Lipinski definition) is 2. The standard InChI is InChI=1S/C12H14ClN5O3S2/c1-6(10(19)16-7-2-3-23(20,21)4-7)22-11-8-9(15-5-14-8)17-12(13)18-11/h5-7H,2-4H2,1H3,(H,16,19)(H,14,15,17,18)/t6-,7-/m0/s1. The Kier molecular flexibility index (Phi) is 4.47. The van der Waals surface area contributed by atoms with Gasteiger partial charge in [0.1, 0.15) is 10.5 Å². The molecular weight excluding hydrogens is 362 g/mol. The van der Waals surface area contributed by atoms with Crippen LogP contribution in [0.1, 0.15) is 13.3 Å². The molecule has 11 heteroatoms. The third kappa shape index (κ3) is 3.75. The smallest absolute Gasteiger partial charge is 0.233 e. The molecule has 124 valence electrons. The summed E-state index contributed by atoms with van der Waals surface area (Å²) in [5.74, 6) is -0.116. The van der Waals surface area contributed by atoms with Crippen LogP contribution < -0.4 is 5.32 Å². The summed E-state index contributed by atoms with van der Waals surface area (Å²) < 4.78 is 22.9. The highest BCUT2D eigenvalue weighted by molar-refractivity contribution is 8.00. The van der Waals surface area contributed by atoms with E-state index in [-0.39, 0.29) is 28.7 Å². The van der Waals surface area contributed by atoms with E-state index < -0.39 is 15.1 Å². The molecule has 0 bridgehead atoms. The summed E-state index contributed by atoms with van der Waals surface area (Å²) >= 11 is 7.07. The largest absolute Gasteiger partial charge is 0.351 e. The van der Waals surface area contributed by atoms with Crippen LogP contribution in [-0.2, 0) is 14.6 Å². The summed E-state index contributed by atoms with van der Waals surface area (Å²) in [4.78, 5) is 27.3. The number of aromatic amines is 1. The normalized spacial score (nSPS) is 21.4. The molecule has 1 saturated heterocycles. The molecule has 1 aliphatic rings. The van der Waals surface area contributed by atoms with E-state index in [4.69, 9.17) is 11.6 Å². The van der Waals surface area contributed by atoms with Crippen molar-refractivity contribution in [1.29, 1.82) is 0 Å². The van der Waals surface area contributed by atoms with Crippen LogP contribution in [0.4, 0.5) is 0 Å². The predicted molar refractivity (Wildman–Crippen MR) is 87.2 cm³/mol. The van der Waals surface area contributed by atoms with Crippen molar-refractivity contribution in [2.75, 3.05) is 11.5 Å². The van der Waals surface area contributed by atoms with Crippen LogP contribution in [0.15, 0.2) is 11.4 Å². The van der Waals surface area contributed by atoms with Crippen LogP contribution in [-0.4, -0.2) is 57.1 Å². The van der Waals surface area contributed by atoms with Crippen molar-refractivity contribution in [3.8, 4) is 0 Å². The van der Waals surface area contributed by atoms with Gasteiger partial charge in [0.05, 0.1) is 23.1 Å². The average Bonchev–Trinajstić information content (AvgIpc) is 3.04. The number of nitrogens with zero attached hydrogens (tertiary/aromatic N) is 3. The number of carbonyl (C=O) groups is 1. The van der Waals surface area contributed by atoms with Gasteiger partial charge in [-0.2, -0.15) is 4.98 Å². The highest BCUT2D eigenvalue weighted by Crippen LogP contribution is 2.28. The zero-order valence-electron chi connectivity index (χ0n) is 12.1. The Morgan fingerprint density at radius 2 is 2.30 bits per heavy atom. The summed E-state index contributed by atoms with van der Waals surface area (Å²) in [5.41, 5.74) is 1.05. The van der Waals surface area contributed by atoms with E-state index in [1.54, 1.807) is 6.92 Å². The van der Waals surface area contributed by atoms with Crippen molar-refractivity contribution >= 4 is 50.3 Å². The lowest BCUT2D eigenvalue weighted by Gasteiger charge is -2.15. The van der Waals surface area contributed by atoms with E-state index in [0.717, 1.165) is 0 Å². The highest BCUT2D eigenvalue weighted by Gasteiger charge is 2.30. The van der Waals surface area contributed by atoms with Crippen LogP contribution >= 0.6 is 23.4 Å². The Balaban J connectivity index is 1.69. The number of aromatic nitrogens is 4. The van der Waals surface area contributed by atoms with Crippen LogP contribution in [0.25, 0.3) is 11.2 Å². The maximum atomic E-state index is 12.2. The molecule has 2 N–H and O–H groups in total. The van der Waals surface area contributed by atoms with Crippen molar-refractivity contribution in [2.24, 2.45) is 0 Å². The van der Waals surface area contributed by atoms with Crippen molar-refractivity contribution in [2.45, 2.75) is 29.7 Å². The van der Waals surface area contributed by atoms with Crippen LogP contribution in [0.5, 0.6) is 0 Å². The molecule has 0 aromatic carbocycles. The summed E-state index contributed by atoms with van der Waals surface area (Å²) in [6, 6.07) is -0.322. The van der Waals surface area contributed by atoms with Gasteiger partial charge in [0.15, 0.2) is 15.5 Å². The maximum absolute atomic E-state index is 12.2. The molecule has 3 heterocycles. The molecule has 0 radical (unpaired) electrons. The first-order valence-electron chi connectivity index (χ1n) is 6.88. The van der Waals surface area contributed by atoms with Crippen molar-refractivity contribution in [3.05, 3.63) is 11.6 Å². The topological polar surface area (TPSA) is 118 Å². The van der Waals surface area contributed by atoms with Gasteiger partial charge in [0.2, 0.25) is 11.2 Å². The van der Waals surface area contributed by atoms with Gasteiger partial charge in [-0.3, -0.25) is 4.79 Å². The minimum atomic E-state index is -3.03. The molecule has 2 aromatic heterocycles. The van der Waals surface area contributed by atoms with Gasteiger partial charge >= 0.3 is 0 Å². The van der Waals surface area contributed by atoms with Gasteiger partial charge < -0.3 is 10.3 Å². The van der Waals surface area contributed by atoms with Crippen molar-refractivity contribution in [1.82, 2.24) is 25.3 Å². The van der Waals surface area contributed by atoms with Gasteiger partial charge in [0.25, 0.3) is 0 Å². The van der Waals surface area contributed by atoms with Crippen LogP contribution in [0.2, 0.25) is 5.28 Å². The Bertz CT molecular complexity index is 853. The Labute approximate surface area is 141 Å². The fourth-order valence-corrected chi connectivity index (χ4v) is 5.12. The molecule has 23 heavy (non-hydrogen) atoms. The van der Waals surface area contributed by atoms with Gasteiger partial charge in [-0.15, -0.1) is 0 Å². The van der Waals surface area contributed by atoms with E-state index in [0.29, 0.717) is 22.6 Å². The number of imidazole rings is 1. The molecule has 1 amide bonds. The number of H-pyrrole nitrogens is 1. The quantitative estimate of drug-likeness (QED) is 0.460. The average molecular weight is 376 g/mol. The lowest BCUT2D eigenvalue weighted by atomic mass is 10.2. The zero-order valence-corrected chi connectivity index (χ0v) is 14.5. The molecule has 2 aromatic rings. The number of rotatable bonds is 4. The van der Waals surface area contributed by atoms with E-state index >= 15 is 0 Å². The van der Waals surface area contributed by atoms with E-state index in [2.05, 4.69) is 25.3 Å². The molecule has 2 atom stereocenters. The molecule has 1 aliphatic heterocycles. The minimum Gasteiger partial charge on any atom is -0.351 e. The third-order valence-corrected chi connectivity index (χ3v) is 6.48. The SMILES string of the molecule is C[C@H](Sc1nc(Cl)nc2nc[nH]c12)C(=O)N[C@H]1CCS(=O)(=O)C1. The molecule has 0 spiro atoms. The third-order valence-electron chi connectivity index (χ3n) is 3.46. The Morgan fingerprint density at radius 3 is 3.00 bits per heavy atom. The summed E-state index contributed by atoms with van der Waals surface area (Å²) in [7, 11) is -3.03. The number of carbonyl (C=O) groups excluding carboxylic acids is 1. The number of amides is 1. The fraction of sp³-hybridized carbons (Fsp3) is 0.500. The maximum Gasteiger partial charge on any atom is 0.233 e. The molecule has 0 aliphatic carbocycles. The molecular formula is C12H14ClN5O3S2. The first kappa shape index (κ1) is 16.5. The minimum absolute atomic E-state index is 0.000253. The van der Waals surface area contributed by atoms with Crippen molar-refractivity contribution < 1.29 is 13.2 Å². The monoisotopic (exact) mass is 375 g/mol. The Morgan fingerprint density at radius 1 is 1.52 bits per heavy atom. The lowest BCUT2D eigenvalue weighted by Crippen LogP contribution is -2.39. The van der Waals surface area contributed by atoms with E-state index in [1.807, 2.05) is 0 Å². The second-order valence-corrected chi connectivity index (χ2v) is 9.16. The fourth-order valence-electron chi connectivity index (χ4n) is 2.31. The van der Waals surface area contributed by atoms with Gasteiger partial charge in [0, 0.05) is 6.04 Å². The summed E-state index contributed by atoms with van der Waals surface area (Å²) in [6.07, 6.45) is 1.93. The van der Waals surface area contributed by atoms with Crippen LogP contribution in [0, 0.1) is 0 Å². The lowest BCUT2D eigenvalue weighted by molar-refractivity contribution is -0.120. The number of thioether (sulfide) groups is 1. The number of sulfone groups is 1. The molecule has 1 fully saturated rings. The van der Waals surface area contributed by atoms with Gasteiger partial charge in [-0.25, -0.2) is 18.4 Å². The van der Waals surface area contributed by atoms with E-state index in [1.165, 1.54) is 18.1 Å². The van der Waals surface area contributed by atoms with Gasteiger partial charge in [-0.1, -0.05) is 11.8 Å². The number of nitrogens with one attached hydrogen (secondary N) is 2. The second-order valence-electron chi connectivity index (χ2n) is 5.27. The van der Waals surface area contributed by atoms with Crippen LogP contribution in [0.3, 0.4) is 0 Å². The molecule has 3 rings (SSSR count). The number of fused-ring (bicyclic) bond motifs is 1. The van der Waals surface area contributed by atoms with Gasteiger partial charge in [-0.05, 0) is 24.9 Å². The second kappa shape index (κ2) is 6.25. The first-order chi connectivity index (χ1) is 10.8.